The largest absolute Gasteiger partial charge is 0.398 e. The van der Waals surface area contributed by atoms with E-state index in [9.17, 15) is 14.7 Å². The summed E-state index contributed by atoms with van der Waals surface area (Å²) in [6, 6.07) is 4.30. The Kier molecular flexibility index (Phi) is 3.21. The summed E-state index contributed by atoms with van der Waals surface area (Å²) in [4.78, 5) is 26.8. The predicted molar refractivity (Wildman–Crippen MR) is 76.2 cm³/mol. The molecule has 7 heteroatoms. The molecule has 2 aliphatic rings. The fourth-order valence-electron chi connectivity index (χ4n) is 3.19. The van der Waals surface area contributed by atoms with Crippen LogP contribution in [-0.4, -0.2) is 46.0 Å². The number of hydrogen-bond acceptors (Lipinski definition) is 4. The highest BCUT2D eigenvalue weighted by atomic mass is 16.3. The summed E-state index contributed by atoms with van der Waals surface area (Å²) in [5.74, 6) is -0.285. The third-order valence-corrected chi connectivity index (χ3v) is 4.22. The van der Waals surface area contributed by atoms with Crippen LogP contribution in [0.5, 0.6) is 0 Å². The van der Waals surface area contributed by atoms with E-state index in [0.29, 0.717) is 29.9 Å². The van der Waals surface area contributed by atoms with Crippen LogP contribution in [0.3, 0.4) is 0 Å². The fraction of sp³-hybridized carbons (Fsp3) is 0.429. The van der Waals surface area contributed by atoms with E-state index in [-0.39, 0.29) is 11.9 Å². The zero-order chi connectivity index (χ0) is 15.1. The second-order valence-corrected chi connectivity index (χ2v) is 5.48. The van der Waals surface area contributed by atoms with Gasteiger partial charge in [-0.3, -0.25) is 4.79 Å². The summed E-state index contributed by atoms with van der Waals surface area (Å²) in [5.41, 5.74) is 12.4. The number of rotatable bonds is 1. The number of hydrogen-bond donors (Lipinski definition) is 3. The van der Waals surface area contributed by atoms with Gasteiger partial charge < -0.3 is 26.4 Å². The number of carbonyl (C=O) groups is 2. The number of aliphatic hydroxyl groups is 1. The maximum absolute atomic E-state index is 12.6. The summed E-state index contributed by atoms with van der Waals surface area (Å²) in [6.07, 6.45) is 0.449. The molecule has 0 aromatic heterocycles. The first-order valence-corrected chi connectivity index (χ1v) is 6.94. The molecule has 3 rings (SSSR count). The standard InChI is InChI=1S/C14H18N4O3/c15-10-5-1-4-9-11(10)13(20)18(12(9)19)8-3-2-6-17(7-8)14(16)21/h1,4-5,8,12,19H,2-3,6-7,15H2,(H2,16,21)/t8-,12?/m0/s1. The second kappa shape index (κ2) is 4.92. The van der Waals surface area contributed by atoms with E-state index in [1.807, 2.05) is 0 Å². The number of piperidine rings is 1. The van der Waals surface area contributed by atoms with Gasteiger partial charge in [0.1, 0.15) is 0 Å². The molecule has 3 amide bonds. The molecule has 2 aliphatic heterocycles. The Labute approximate surface area is 122 Å². The molecule has 1 aromatic rings. The van der Waals surface area contributed by atoms with Gasteiger partial charge in [0.05, 0.1) is 11.6 Å². The summed E-state index contributed by atoms with van der Waals surface area (Å²) >= 11 is 0. The lowest BCUT2D eigenvalue weighted by molar-refractivity contribution is -0.0161. The maximum Gasteiger partial charge on any atom is 0.314 e. The molecule has 1 aromatic carbocycles. The average Bonchev–Trinajstić information content (AvgIpc) is 2.72. The maximum atomic E-state index is 12.6. The SMILES string of the molecule is NC(=O)N1CCC[C@H](N2C(=O)c3c(N)cccc3C2O)C1. The van der Waals surface area contributed by atoms with Crippen molar-refractivity contribution in [3.8, 4) is 0 Å². The third-order valence-electron chi connectivity index (χ3n) is 4.22. The van der Waals surface area contributed by atoms with Crippen molar-refractivity contribution in [1.29, 1.82) is 0 Å². The van der Waals surface area contributed by atoms with Crippen molar-refractivity contribution in [1.82, 2.24) is 9.80 Å². The van der Waals surface area contributed by atoms with Crippen molar-refractivity contribution in [2.75, 3.05) is 18.8 Å². The van der Waals surface area contributed by atoms with Crippen molar-refractivity contribution in [2.24, 2.45) is 5.73 Å². The average molecular weight is 290 g/mol. The lowest BCUT2D eigenvalue weighted by Crippen LogP contribution is -2.52. The quantitative estimate of drug-likeness (QED) is 0.644. The molecule has 1 saturated heterocycles. The first-order valence-electron chi connectivity index (χ1n) is 6.94. The second-order valence-electron chi connectivity index (χ2n) is 5.48. The van der Waals surface area contributed by atoms with Gasteiger partial charge in [-0.15, -0.1) is 0 Å². The van der Waals surface area contributed by atoms with Crippen LogP contribution in [0.15, 0.2) is 18.2 Å². The molecule has 2 heterocycles. The zero-order valence-electron chi connectivity index (χ0n) is 11.5. The summed E-state index contributed by atoms with van der Waals surface area (Å²) in [5, 5.41) is 10.4. The lowest BCUT2D eigenvalue weighted by atomic mass is 10.0. The number of anilines is 1. The molecule has 21 heavy (non-hydrogen) atoms. The highest BCUT2D eigenvalue weighted by Gasteiger charge is 2.42. The fourth-order valence-corrected chi connectivity index (χ4v) is 3.19. The predicted octanol–water partition coefficient (Wildman–Crippen LogP) is 0.259. The Hall–Kier alpha value is -2.28. The zero-order valence-corrected chi connectivity index (χ0v) is 11.5. The number of nitrogens with two attached hydrogens (primary N) is 2. The minimum Gasteiger partial charge on any atom is -0.398 e. The number of benzene rings is 1. The highest BCUT2D eigenvalue weighted by molar-refractivity contribution is 6.03. The Morgan fingerprint density at radius 3 is 2.81 bits per heavy atom. The van der Waals surface area contributed by atoms with Crippen LogP contribution >= 0.6 is 0 Å². The number of likely N-dealkylation sites (tertiary alicyclic amines) is 1. The van der Waals surface area contributed by atoms with Crippen molar-refractivity contribution in [2.45, 2.75) is 25.1 Å². The van der Waals surface area contributed by atoms with Gasteiger partial charge in [-0.25, -0.2) is 4.79 Å². The van der Waals surface area contributed by atoms with E-state index < -0.39 is 12.3 Å². The van der Waals surface area contributed by atoms with Gasteiger partial charge in [-0.1, -0.05) is 12.1 Å². The number of carbonyl (C=O) groups excluding carboxylic acids is 2. The molecule has 0 saturated carbocycles. The summed E-state index contributed by atoms with van der Waals surface area (Å²) in [7, 11) is 0. The van der Waals surface area contributed by atoms with E-state index >= 15 is 0 Å². The van der Waals surface area contributed by atoms with Crippen LogP contribution in [0, 0.1) is 0 Å². The number of aliphatic hydroxyl groups excluding tert-OH is 1. The van der Waals surface area contributed by atoms with Gasteiger partial charge >= 0.3 is 6.03 Å². The Balaban J connectivity index is 1.89. The van der Waals surface area contributed by atoms with E-state index in [0.717, 1.165) is 12.8 Å². The normalized spacial score (nSPS) is 25.1. The van der Waals surface area contributed by atoms with Crippen molar-refractivity contribution in [3.05, 3.63) is 29.3 Å². The number of fused-ring (bicyclic) bond motifs is 1. The molecule has 2 atom stereocenters. The molecular weight excluding hydrogens is 272 g/mol. The van der Waals surface area contributed by atoms with Gasteiger partial charge in [0, 0.05) is 24.3 Å². The minimum absolute atomic E-state index is 0.249. The van der Waals surface area contributed by atoms with Crippen LogP contribution in [-0.2, 0) is 0 Å². The molecule has 1 unspecified atom stereocenters. The number of primary amides is 1. The van der Waals surface area contributed by atoms with E-state index in [2.05, 4.69) is 0 Å². The van der Waals surface area contributed by atoms with Crippen LogP contribution in [0.25, 0.3) is 0 Å². The minimum atomic E-state index is -1.02. The monoisotopic (exact) mass is 290 g/mol. The van der Waals surface area contributed by atoms with E-state index in [1.165, 1.54) is 9.80 Å². The number of amides is 3. The van der Waals surface area contributed by atoms with Crippen molar-refractivity contribution < 1.29 is 14.7 Å². The summed E-state index contributed by atoms with van der Waals surface area (Å²) in [6.45, 7) is 0.922. The van der Waals surface area contributed by atoms with Crippen LogP contribution < -0.4 is 11.5 Å². The van der Waals surface area contributed by atoms with Gasteiger partial charge in [0.25, 0.3) is 5.91 Å². The van der Waals surface area contributed by atoms with Crippen LogP contribution in [0.2, 0.25) is 0 Å². The number of nitrogens with zero attached hydrogens (tertiary/aromatic N) is 2. The third kappa shape index (κ3) is 2.09. The van der Waals surface area contributed by atoms with E-state index in [4.69, 9.17) is 11.5 Å². The number of nitrogen functional groups attached to an aromatic ring is 1. The highest BCUT2D eigenvalue weighted by Crippen LogP contribution is 2.37. The Bertz CT molecular complexity index is 604. The van der Waals surface area contributed by atoms with Gasteiger partial charge in [0.15, 0.2) is 6.23 Å². The van der Waals surface area contributed by atoms with Crippen molar-refractivity contribution >= 4 is 17.6 Å². The topological polar surface area (TPSA) is 113 Å². The van der Waals surface area contributed by atoms with Gasteiger partial charge in [-0.2, -0.15) is 0 Å². The lowest BCUT2D eigenvalue weighted by Gasteiger charge is -2.38. The molecule has 1 fully saturated rings. The number of urea groups is 1. The van der Waals surface area contributed by atoms with Crippen LogP contribution in [0.4, 0.5) is 10.5 Å². The molecule has 7 nitrogen and oxygen atoms in total. The molecule has 112 valence electrons. The molecule has 0 radical (unpaired) electrons. The smallest absolute Gasteiger partial charge is 0.314 e. The molecule has 5 N–H and O–H groups in total. The molecule has 0 aliphatic carbocycles. The van der Waals surface area contributed by atoms with E-state index in [1.54, 1.807) is 18.2 Å². The van der Waals surface area contributed by atoms with Gasteiger partial charge in [-0.05, 0) is 18.9 Å². The molecule has 0 bridgehead atoms. The van der Waals surface area contributed by atoms with Crippen molar-refractivity contribution in [3.63, 3.8) is 0 Å². The molecular formula is C14H18N4O3. The first kappa shape index (κ1) is 13.7. The molecule has 0 spiro atoms. The van der Waals surface area contributed by atoms with Crippen LogP contribution in [0.1, 0.15) is 35.0 Å². The summed E-state index contributed by atoms with van der Waals surface area (Å²) < 4.78 is 0. The van der Waals surface area contributed by atoms with Gasteiger partial charge in [0.2, 0.25) is 0 Å². The first-order chi connectivity index (χ1) is 10.0. The Morgan fingerprint density at radius 2 is 2.14 bits per heavy atom. The Morgan fingerprint density at radius 1 is 1.38 bits per heavy atom.